The zero-order chi connectivity index (χ0) is 14.2. The molecule has 3 aromatic rings. The fourth-order valence-electron chi connectivity index (χ4n) is 3.27. The van der Waals surface area contributed by atoms with E-state index >= 15 is 0 Å². The first-order valence-corrected chi connectivity index (χ1v) is 7.28. The van der Waals surface area contributed by atoms with E-state index in [0.29, 0.717) is 5.92 Å². The zero-order valence-electron chi connectivity index (χ0n) is 12.0. The van der Waals surface area contributed by atoms with E-state index in [1.807, 2.05) is 0 Å². The molecule has 1 atom stereocenters. The van der Waals surface area contributed by atoms with Gasteiger partial charge < -0.3 is 4.90 Å². The van der Waals surface area contributed by atoms with Crippen LogP contribution in [0.3, 0.4) is 0 Å². The summed E-state index contributed by atoms with van der Waals surface area (Å²) in [4.78, 5) is 11.2. The quantitative estimate of drug-likeness (QED) is 0.683. The summed E-state index contributed by atoms with van der Waals surface area (Å²) < 4.78 is 0. The molecule has 1 aliphatic heterocycles. The van der Waals surface area contributed by atoms with E-state index in [4.69, 9.17) is 0 Å². The minimum atomic E-state index is 0.409. The van der Waals surface area contributed by atoms with Crippen LogP contribution < -0.4 is 0 Å². The summed E-state index contributed by atoms with van der Waals surface area (Å²) in [5, 5.41) is 0. The Balaban J connectivity index is 1.84. The van der Waals surface area contributed by atoms with Crippen molar-refractivity contribution in [1.82, 2.24) is 14.9 Å². The lowest BCUT2D eigenvalue weighted by molar-refractivity contribution is 0.295. The highest BCUT2D eigenvalue weighted by Gasteiger charge is 2.24. The van der Waals surface area contributed by atoms with Crippen LogP contribution in [0.1, 0.15) is 22.6 Å². The van der Waals surface area contributed by atoms with Gasteiger partial charge in [0.2, 0.25) is 0 Å². The van der Waals surface area contributed by atoms with Crippen LogP contribution in [0, 0.1) is 0 Å². The molecule has 0 N–H and O–H groups in total. The number of benzene rings is 2. The van der Waals surface area contributed by atoms with E-state index in [1.165, 1.54) is 16.7 Å². The van der Waals surface area contributed by atoms with Gasteiger partial charge in [0.05, 0.1) is 11.0 Å². The molecular weight excluding hydrogens is 258 g/mol. The van der Waals surface area contributed by atoms with Crippen molar-refractivity contribution >= 4 is 11.0 Å². The predicted octanol–water partition coefficient (Wildman–Crippen LogP) is 3.21. The SMILES string of the molecule is CN1Cc2ccccc2C(c2ccc3nccnc3c2)C1. The molecule has 104 valence electrons. The normalized spacial score (nSPS) is 18.6. The smallest absolute Gasteiger partial charge is 0.0889 e. The molecule has 0 spiro atoms. The van der Waals surface area contributed by atoms with Gasteiger partial charge in [-0.15, -0.1) is 0 Å². The van der Waals surface area contributed by atoms with Gasteiger partial charge >= 0.3 is 0 Å². The number of aromatic nitrogens is 2. The molecule has 1 aromatic heterocycles. The summed E-state index contributed by atoms with van der Waals surface area (Å²) in [6.07, 6.45) is 3.50. The summed E-state index contributed by atoms with van der Waals surface area (Å²) in [6, 6.07) is 15.2. The average Bonchev–Trinajstić information content (AvgIpc) is 2.53. The molecule has 2 heterocycles. The maximum absolute atomic E-state index is 4.44. The highest BCUT2D eigenvalue weighted by molar-refractivity contribution is 5.74. The predicted molar refractivity (Wildman–Crippen MR) is 84.2 cm³/mol. The maximum atomic E-state index is 4.44. The summed E-state index contributed by atoms with van der Waals surface area (Å²) in [5.41, 5.74) is 6.12. The van der Waals surface area contributed by atoms with Crippen LogP contribution in [-0.2, 0) is 6.54 Å². The van der Waals surface area contributed by atoms with Gasteiger partial charge in [-0.1, -0.05) is 30.3 Å². The molecule has 3 nitrogen and oxygen atoms in total. The molecule has 4 rings (SSSR count). The Morgan fingerprint density at radius 3 is 2.71 bits per heavy atom. The van der Waals surface area contributed by atoms with Crippen molar-refractivity contribution in [2.24, 2.45) is 0 Å². The Labute approximate surface area is 124 Å². The van der Waals surface area contributed by atoms with Crippen LogP contribution in [0.5, 0.6) is 0 Å². The lowest BCUT2D eigenvalue weighted by atomic mass is 9.85. The molecule has 1 aliphatic rings. The molecule has 0 saturated carbocycles. The van der Waals surface area contributed by atoms with Crippen LogP contribution in [-0.4, -0.2) is 28.5 Å². The van der Waals surface area contributed by atoms with Crippen molar-refractivity contribution in [3.05, 3.63) is 71.5 Å². The molecule has 21 heavy (non-hydrogen) atoms. The summed E-state index contributed by atoms with van der Waals surface area (Å²) >= 11 is 0. The van der Waals surface area contributed by atoms with Gasteiger partial charge in [-0.05, 0) is 35.9 Å². The highest BCUT2D eigenvalue weighted by atomic mass is 15.1. The number of rotatable bonds is 1. The summed E-state index contributed by atoms with van der Waals surface area (Å²) in [7, 11) is 2.18. The molecule has 0 fully saturated rings. The third-order valence-corrected chi connectivity index (χ3v) is 4.26. The van der Waals surface area contributed by atoms with Crippen LogP contribution in [0.15, 0.2) is 54.9 Å². The largest absolute Gasteiger partial charge is 0.301 e. The molecule has 0 bridgehead atoms. The fourth-order valence-corrected chi connectivity index (χ4v) is 3.27. The second kappa shape index (κ2) is 4.93. The Hall–Kier alpha value is -2.26. The molecule has 0 amide bonds. The average molecular weight is 275 g/mol. The minimum Gasteiger partial charge on any atom is -0.301 e. The third-order valence-electron chi connectivity index (χ3n) is 4.26. The Kier molecular flexibility index (Phi) is 2.93. The van der Waals surface area contributed by atoms with Crippen molar-refractivity contribution in [2.45, 2.75) is 12.5 Å². The molecule has 0 aliphatic carbocycles. The van der Waals surface area contributed by atoms with Gasteiger partial charge in [-0.3, -0.25) is 9.97 Å². The van der Waals surface area contributed by atoms with E-state index in [-0.39, 0.29) is 0 Å². The Morgan fingerprint density at radius 2 is 1.81 bits per heavy atom. The van der Waals surface area contributed by atoms with Gasteiger partial charge in [-0.25, -0.2) is 0 Å². The standard InChI is InChI=1S/C18H17N3/c1-21-11-14-4-2-3-5-15(14)16(12-21)13-6-7-17-18(10-13)20-9-8-19-17/h2-10,16H,11-12H2,1H3. The first kappa shape index (κ1) is 12.5. The van der Waals surface area contributed by atoms with Crippen molar-refractivity contribution in [3.63, 3.8) is 0 Å². The lowest BCUT2D eigenvalue weighted by Crippen LogP contribution is -2.30. The third kappa shape index (κ3) is 2.20. The molecule has 1 unspecified atom stereocenters. The lowest BCUT2D eigenvalue weighted by Gasteiger charge is -2.32. The summed E-state index contributed by atoms with van der Waals surface area (Å²) in [6.45, 7) is 2.07. The molecule has 0 radical (unpaired) electrons. The minimum absolute atomic E-state index is 0.409. The van der Waals surface area contributed by atoms with E-state index in [2.05, 4.69) is 64.4 Å². The highest BCUT2D eigenvalue weighted by Crippen LogP contribution is 2.33. The van der Waals surface area contributed by atoms with Gasteiger partial charge in [0.15, 0.2) is 0 Å². The summed E-state index contributed by atoms with van der Waals surface area (Å²) in [5.74, 6) is 0.409. The second-order valence-corrected chi connectivity index (χ2v) is 5.75. The first-order valence-electron chi connectivity index (χ1n) is 7.28. The molecule has 0 saturated heterocycles. The van der Waals surface area contributed by atoms with Gasteiger partial charge in [0, 0.05) is 31.4 Å². The number of hydrogen-bond donors (Lipinski definition) is 0. The number of likely N-dealkylation sites (N-methyl/N-ethyl adjacent to an activating group) is 1. The van der Waals surface area contributed by atoms with Gasteiger partial charge in [0.1, 0.15) is 0 Å². The Morgan fingerprint density at radius 1 is 1.00 bits per heavy atom. The van der Waals surface area contributed by atoms with E-state index in [1.54, 1.807) is 12.4 Å². The molecule has 3 heteroatoms. The maximum Gasteiger partial charge on any atom is 0.0889 e. The van der Waals surface area contributed by atoms with Crippen molar-refractivity contribution < 1.29 is 0 Å². The van der Waals surface area contributed by atoms with E-state index in [9.17, 15) is 0 Å². The topological polar surface area (TPSA) is 29.0 Å². The molecular formula is C18H17N3. The van der Waals surface area contributed by atoms with Gasteiger partial charge in [-0.2, -0.15) is 0 Å². The number of fused-ring (bicyclic) bond motifs is 2. The van der Waals surface area contributed by atoms with Crippen molar-refractivity contribution in [1.29, 1.82) is 0 Å². The zero-order valence-corrected chi connectivity index (χ0v) is 12.0. The first-order chi connectivity index (χ1) is 10.3. The van der Waals surface area contributed by atoms with E-state index in [0.717, 1.165) is 24.1 Å². The van der Waals surface area contributed by atoms with Crippen LogP contribution >= 0.6 is 0 Å². The number of nitrogens with zero attached hydrogens (tertiary/aromatic N) is 3. The second-order valence-electron chi connectivity index (χ2n) is 5.75. The Bertz CT molecular complexity index is 797. The van der Waals surface area contributed by atoms with Crippen molar-refractivity contribution in [2.75, 3.05) is 13.6 Å². The monoisotopic (exact) mass is 275 g/mol. The van der Waals surface area contributed by atoms with Crippen LogP contribution in [0.4, 0.5) is 0 Å². The van der Waals surface area contributed by atoms with Crippen LogP contribution in [0.25, 0.3) is 11.0 Å². The fraction of sp³-hybridized carbons (Fsp3) is 0.222. The van der Waals surface area contributed by atoms with E-state index < -0.39 is 0 Å². The van der Waals surface area contributed by atoms with Gasteiger partial charge in [0.25, 0.3) is 0 Å². The van der Waals surface area contributed by atoms with Crippen LogP contribution in [0.2, 0.25) is 0 Å². The number of hydrogen-bond acceptors (Lipinski definition) is 3. The van der Waals surface area contributed by atoms with Crippen molar-refractivity contribution in [3.8, 4) is 0 Å². The molecule has 2 aromatic carbocycles.